The summed E-state index contributed by atoms with van der Waals surface area (Å²) < 4.78 is 1.37. The van der Waals surface area contributed by atoms with Crippen molar-refractivity contribution >= 4 is 28.1 Å². The van der Waals surface area contributed by atoms with Crippen LogP contribution in [0.3, 0.4) is 0 Å². The van der Waals surface area contributed by atoms with E-state index in [1.54, 1.807) is 17.4 Å². The maximum absolute atomic E-state index is 12.4. The number of nitrogens with zero attached hydrogens (tertiary/aromatic N) is 3. The lowest BCUT2D eigenvalue weighted by atomic mass is 10.2. The number of aromatic nitrogens is 4. The Balaban J connectivity index is 1.46. The first-order chi connectivity index (χ1) is 13.5. The van der Waals surface area contributed by atoms with Crippen molar-refractivity contribution in [3.63, 3.8) is 0 Å². The Morgan fingerprint density at radius 2 is 2.04 bits per heavy atom. The molecule has 8 heteroatoms. The maximum Gasteiger partial charge on any atom is 0.267 e. The Morgan fingerprint density at radius 1 is 1.21 bits per heavy atom. The number of aromatic amines is 1. The van der Waals surface area contributed by atoms with Gasteiger partial charge >= 0.3 is 0 Å². The largest absolute Gasteiger partial charge is 0.351 e. The zero-order chi connectivity index (χ0) is 19.7. The number of aryl methyl sites for hydroxylation is 2. The Hall–Kier alpha value is -3.26. The summed E-state index contributed by atoms with van der Waals surface area (Å²) in [5.74, 6) is -0.214. The number of nitrogens with one attached hydrogen (secondary N) is 2. The van der Waals surface area contributed by atoms with E-state index < -0.39 is 0 Å². The third-order valence-corrected chi connectivity index (χ3v) is 5.48. The Labute approximate surface area is 165 Å². The first-order valence-electron chi connectivity index (χ1n) is 8.90. The lowest BCUT2D eigenvalue weighted by Gasteiger charge is -2.07. The van der Waals surface area contributed by atoms with Crippen molar-refractivity contribution in [3.8, 4) is 10.6 Å². The minimum Gasteiger partial charge on any atom is -0.351 e. The minimum absolute atomic E-state index is 0.206. The average molecular weight is 393 g/mol. The number of thiazole rings is 1. The van der Waals surface area contributed by atoms with Gasteiger partial charge in [-0.25, -0.2) is 9.67 Å². The fourth-order valence-electron chi connectivity index (χ4n) is 3.07. The van der Waals surface area contributed by atoms with Crippen LogP contribution < -0.4 is 10.9 Å². The Morgan fingerprint density at radius 3 is 2.79 bits per heavy atom. The van der Waals surface area contributed by atoms with E-state index in [2.05, 4.69) is 20.4 Å². The lowest BCUT2D eigenvalue weighted by Crippen LogP contribution is -2.32. The number of hydrogen-bond donors (Lipinski definition) is 2. The highest BCUT2D eigenvalue weighted by atomic mass is 32.1. The van der Waals surface area contributed by atoms with E-state index in [1.807, 2.05) is 44.2 Å². The number of amides is 1. The zero-order valence-electron chi connectivity index (χ0n) is 15.5. The number of carbonyl (C=O) groups is 1. The molecule has 0 aliphatic rings. The van der Waals surface area contributed by atoms with Crippen LogP contribution in [0.25, 0.3) is 21.5 Å². The summed E-state index contributed by atoms with van der Waals surface area (Å²) in [5.41, 5.74) is 2.80. The van der Waals surface area contributed by atoms with Crippen LogP contribution in [0.15, 0.2) is 47.3 Å². The number of hydrogen-bond acceptors (Lipinski definition) is 5. The molecular weight excluding hydrogens is 374 g/mol. The molecule has 0 saturated heterocycles. The van der Waals surface area contributed by atoms with Crippen LogP contribution in [0.4, 0.5) is 0 Å². The molecule has 0 atom stereocenters. The standard InChI is InChI=1S/C20H19N5O2S/c1-12-19(28-13(2)22-12)16-7-8-18(26)25(24-16)10-9-21-20(27)17-11-14-5-3-4-6-15(14)23-17/h3-8,11,23H,9-10H2,1-2H3,(H,21,27). The molecule has 0 spiro atoms. The quantitative estimate of drug-likeness (QED) is 0.545. The van der Waals surface area contributed by atoms with Crippen LogP contribution in [0.1, 0.15) is 21.2 Å². The van der Waals surface area contributed by atoms with E-state index in [-0.39, 0.29) is 18.0 Å². The van der Waals surface area contributed by atoms with Crippen molar-refractivity contribution in [1.29, 1.82) is 0 Å². The molecule has 1 amide bonds. The van der Waals surface area contributed by atoms with E-state index in [4.69, 9.17) is 0 Å². The fourth-order valence-corrected chi connectivity index (χ4v) is 3.95. The smallest absolute Gasteiger partial charge is 0.267 e. The van der Waals surface area contributed by atoms with E-state index >= 15 is 0 Å². The summed E-state index contributed by atoms with van der Waals surface area (Å²) in [4.78, 5) is 32.9. The van der Waals surface area contributed by atoms with Gasteiger partial charge in [0, 0.05) is 23.5 Å². The van der Waals surface area contributed by atoms with Crippen molar-refractivity contribution in [1.82, 2.24) is 25.1 Å². The molecule has 0 radical (unpaired) electrons. The van der Waals surface area contributed by atoms with Gasteiger partial charge in [-0.1, -0.05) is 18.2 Å². The molecule has 2 N–H and O–H groups in total. The second kappa shape index (κ2) is 7.40. The molecule has 0 saturated carbocycles. The van der Waals surface area contributed by atoms with Gasteiger partial charge in [-0.15, -0.1) is 11.3 Å². The van der Waals surface area contributed by atoms with Crippen LogP contribution in [0.2, 0.25) is 0 Å². The normalized spacial score (nSPS) is 11.1. The van der Waals surface area contributed by atoms with Crippen molar-refractivity contribution in [2.24, 2.45) is 0 Å². The topological polar surface area (TPSA) is 92.7 Å². The molecule has 28 heavy (non-hydrogen) atoms. The highest BCUT2D eigenvalue weighted by Gasteiger charge is 2.12. The van der Waals surface area contributed by atoms with E-state index in [0.29, 0.717) is 17.9 Å². The first-order valence-corrected chi connectivity index (χ1v) is 9.71. The summed E-state index contributed by atoms with van der Waals surface area (Å²) >= 11 is 1.55. The molecule has 0 bridgehead atoms. The molecule has 142 valence electrons. The van der Waals surface area contributed by atoms with Gasteiger partial charge in [0.2, 0.25) is 0 Å². The van der Waals surface area contributed by atoms with E-state index in [0.717, 1.165) is 26.5 Å². The third kappa shape index (κ3) is 3.59. The highest BCUT2D eigenvalue weighted by Crippen LogP contribution is 2.27. The summed E-state index contributed by atoms with van der Waals surface area (Å²) in [5, 5.41) is 9.20. The Kier molecular flexibility index (Phi) is 4.79. The lowest BCUT2D eigenvalue weighted by molar-refractivity contribution is 0.0947. The van der Waals surface area contributed by atoms with Crippen LogP contribution in [0.5, 0.6) is 0 Å². The van der Waals surface area contributed by atoms with Crippen molar-refractivity contribution in [3.05, 3.63) is 69.2 Å². The molecule has 0 unspecified atom stereocenters. The molecule has 4 rings (SSSR count). The molecular formula is C20H19N5O2S. The van der Waals surface area contributed by atoms with Crippen molar-refractivity contribution in [2.45, 2.75) is 20.4 Å². The van der Waals surface area contributed by atoms with Gasteiger partial charge in [0.15, 0.2) is 0 Å². The van der Waals surface area contributed by atoms with Crippen molar-refractivity contribution < 1.29 is 4.79 Å². The van der Waals surface area contributed by atoms with Gasteiger partial charge in [-0.2, -0.15) is 5.10 Å². The minimum atomic E-state index is -0.214. The number of rotatable bonds is 5. The summed E-state index contributed by atoms with van der Waals surface area (Å²) in [6.07, 6.45) is 0. The predicted molar refractivity (Wildman–Crippen MR) is 110 cm³/mol. The zero-order valence-corrected chi connectivity index (χ0v) is 16.3. The van der Waals surface area contributed by atoms with Gasteiger partial charge in [-0.05, 0) is 32.0 Å². The molecule has 7 nitrogen and oxygen atoms in total. The van der Waals surface area contributed by atoms with Crippen molar-refractivity contribution in [2.75, 3.05) is 6.54 Å². The Bertz CT molecular complexity index is 1190. The van der Waals surface area contributed by atoms with Gasteiger partial charge in [-0.3, -0.25) is 9.59 Å². The number of para-hydroxylation sites is 1. The molecule has 4 aromatic rings. The first kappa shape index (κ1) is 18.1. The molecule has 3 heterocycles. The average Bonchev–Trinajstić information content (AvgIpc) is 3.26. The van der Waals surface area contributed by atoms with Gasteiger partial charge in [0.25, 0.3) is 11.5 Å². The van der Waals surface area contributed by atoms with E-state index in [9.17, 15) is 9.59 Å². The fraction of sp³-hybridized carbons (Fsp3) is 0.200. The predicted octanol–water partition coefficient (Wildman–Crippen LogP) is 2.89. The third-order valence-electron chi connectivity index (χ3n) is 4.39. The van der Waals surface area contributed by atoms with E-state index in [1.165, 1.54) is 10.7 Å². The van der Waals surface area contributed by atoms with Crippen LogP contribution in [-0.4, -0.2) is 32.2 Å². The maximum atomic E-state index is 12.4. The molecule has 0 fully saturated rings. The molecule has 1 aromatic carbocycles. The summed E-state index contributed by atoms with van der Waals surface area (Å²) in [6, 6.07) is 12.7. The monoisotopic (exact) mass is 393 g/mol. The number of benzene rings is 1. The molecule has 0 aliphatic carbocycles. The molecule has 0 aliphatic heterocycles. The van der Waals surface area contributed by atoms with Crippen LogP contribution in [-0.2, 0) is 6.54 Å². The summed E-state index contributed by atoms with van der Waals surface area (Å²) in [6.45, 7) is 4.45. The SMILES string of the molecule is Cc1nc(C)c(-c2ccc(=O)n(CCNC(=O)c3cc4ccccc4[nH]3)n2)s1. The van der Waals surface area contributed by atoms with Crippen LogP contribution >= 0.6 is 11.3 Å². The second-order valence-corrected chi connectivity index (χ2v) is 7.66. The number of fused-ring (bicyclic) bond motifs is 1. The van der Waals surface area contributed by atoms with Gasteiger partial charge < -0.3 is 10.3 Å². The second-order valence-electron chi connectivity index (χ2n) is 6.45. The van der Waals surface area contributed by atoms with Gasteiger partial charge in [0.05, 0.1) is 22.1 Å². The van der Waals surface area contributed by atoms with Crippen LogP contribution in [0, 0.1) is 13.8 Å². The summed E-state index contributed by atoms with van der Waals surface area (Å²) in [7, 11) is 0. The highest BCUT2D eigenvalue weighted by molar-refractivity contribution is 7.15. The molecule has 3 aromatic heterocycles. The number of carbonyl (C=O) groups excluding carboxylic acids is 1. The number of H-pyrrole nitrogens is 1. The van der Waals surface area contributed by atoms with Gasteiger partial charge in [0.1, 0.15) is 11.4 Å².